The predicted molar refractivity (Wildman–Crippen MR) is 59.7 cm³/mol. The van der Waals surface area contributed by atoms with Crippen molar-refractivity contribution < 1.29 is 19.4 Å². The third-order valence-electron chi connectivity index (χ3n) is 1.59. The average molecular weight is 283 g/mol. The van der Waals surface area contributed by atoms with Crippen molar-refractivity contribution in [3.63, 3.8) is 0 Å². The van der Waals surface area contributed by atoms with Gasteiger partial charge in [-0.2, -0.15) is 0 Å². The molecule has 4 nitrogen and oxygen atoms in total. The molecule has 0 heterocycles. The van der Waals surface area contributed by atoms with Crippen LogP contribution in [0.15, 0.2) is 6.07 Å². The van der Waals surface area contributed by atoms with E-state index in [9.17, 15) is 9.59 Å². The molecule has 0 unspecified atom stereocenters. The van der Waals surface area contributed by atoms with Crippen LogP contribution in [-0.2, 0) is 4.79 Å². The first-order chi connectivity index (χ1) is 7.34. The number of esters is 1. The van der Waals surface area contributed by atoms with Gasteiger partial charge in [0.05, 0.1) is 15.1 Å². The highest BCUT2D eigenvalue weighted by Crippen LogP contribution is 2.39. The Morgan fingerprint density at radius 2 is 1.81 bits per heavy atom. The largest absolute Gasteiger partial charge is 0.477 e. The van der Waals surface area contributed by atoms with Crippen molar-refractivity contribution in [2.75, 3.05) is 0 Å². The highest BCUT2D eigenvalue weighted by Gasteiger charge is 2.23. The Kier molecular flexibility index (Phi) is 4.02. The lowest BCUT2D eigenvalue weighted by Gasteiger charge is -2.10. The van der Waals surface area contributed by atoms with E-state index in [2.05, 4.69) is 4.74 Å². The van der Waals surface area contributed by atoms with E-state index in [1.165, 1.54) is 6.07 Å². The summed E-state index contributed by atoms with van der Waals surface area (Å²) in [4.78, 5) is 21.7. The van der Waals surface area contributed by atoms with Crippen LogP contribution in [0.4, 0.5) is 0 Å². The molecule has 0 aromatic heterocycles. The summed E-state index contributed by atoms with van der Waals surface area (Å²) >= 11 is 17.0. The van der Waals surface area contributed by atoms with Crippen molar-refractivity contribution in [3.8, 4) is 5.75 Å². The lowest BCUT2D eigenvalue weighted by molar-refractivity contribution is -0.131. The molecule has 0 bridgehead atoms. The fraction of sp³-hybridized carbons (Fsp3) is 0.111. The third kappa shape index (κ3) is 2.58. The van der Waals surface area contributed by atoms with Gasteiger partial charge in [0.25, 0.3) is 0 Å². The standard InChI is InChI=1S/C9H5Cl3O4/c1-3(13)16-8-5(11)2-4(10)7(12)6(8)9(14)15/h2H,1H3,(H,14,15). The van der Waals surface area contributed by atoms with Crippen LogP contribution in [0, 0.1) is 0 Å². The molecule has 0 radical (unpaired) electrons. The Balaban J connectivity index is 3.50. The number of hydrogen-bond donors (Lipinski definition) is 1. The predicted octanol–water partition coefficient (Wildman–Crippen LogP) is 3.27. The number of ether oxygens (including phenoxy) is 1. The van der Waals surface area contributed by atoms with Crippen molar-refractivity contribution in [1.29, 1.82) is 0 Å². The second-order valence-corrected chi connectivity index (χ2v) is 3.95. The van der Waals surface area contributed by atoms with E-state index in [1.807, 2.05) is 0 Å². The zero-order chi connectivity index (χ0) is 12.5. The minimum Gasteiger partial charge on any atom is -0.477 e. The summed E-state index contributed by atoms with van der Waals surface area (Å²) in [6, 6.07) is 1.20. The van der Waals surface area contributed by atoms with Crippen molar-refractivity contribution in [2.45, 2.75) is 6.92 Å². The number of carboxylic acid groups (broad SMARTS) is 1. The Bertz CT molecular complexity index is 470. The first-order valence-corrected chi connectivity index (χ1v) is 5.07. The number of hydrogen-bond acceptors (Lipinski definition) is 3. The molecule has 1 aromatic rings. The van der Waals surface area contributed by atoms with Gasteiger partial charge in [-0.25, -0.2) is 4.79 Å². The zero-order valence-electron chi connectivity index (χ0n) is 7.88. The van der Waals surface area contributed by atoms with Crippen LogP contribution in [0.1, 0.15) is 17.3 Å². The SMILES string of the molecule is CC(=O)Oc1c(Cl)cc(Cl)c(Cl)c1C(=O)O. The Morgan fingerprint density at radius 3 is 2.25 bits per heavy atom. The molecule has 7 heteroatoms. The molecule has 86 valence electrons. The van der Waals surface area contributed by atoms with Gasteiger partial charge in [0.15, 0.2) is 5.75 Å². The second kappa shape index (κ2) is 4.91. The molecule has 0 aliphatic carbocycles. The van der Waals surface area contributed by atoms with Gasteiger partial charge in [-0.15, -0.1) is 0 Å². The molecule has 1 N–H and O–H groups in total. The molecule has 0 saturated carbocycles. The van der Waals surface area contributed by atoms with Gasteiger partial charge >= 0.3 is 11.9 Å². The summed E-state index contributed by atoms with van der Waals surface area (Å²) in [5.74, 6) is -2.40. The maximum atomic E-state index is 10.9. The van der Waals surface area contributed by atoms with E-state index in [1.54, 1.807) is 0 Å². The first kappa shape index (κ1) is 13.1. The summed E-state index contributed by atoms with van der Waals surface area (Å²) in [6.07, 6.45) is 0. The van der Waals surface area contributed by atoms with E-state index in [4.69, 9.17) is 39.9 Å². The summed E-state index contributed by atoms with van der Waals surface area (Å²) in [5, 5.41) is 8.57. The fourth-order valence-electron chi connectivity index (χ4n) is 1.01. The summed E-state index contributed by atoms with van der Waals surface area (Å²) in [7, 11) is 0. The van der Waals surface area contributed by atoms with Crippen molar-refractivity contribution in [1.82, 2.24) is 0 Å². The van der Waals surface area contributed by atoms with Gasteiger partial charge in [-0.3, -0.25) is 4.79 Å². The van der Waals surface area contributed by atoms with Crippen LogP contribution < -0.4 is 4.74 Å². The molecule has 0 atom stereocenters. The van der Waals surface area contributed by atoms with Gasteiger partial charge in [0.1, 0.15) is 5.56 Å². The molecule has 1 aromatic carbocycles. The molecule has 1 rings (SSSR count). The molecule has 16 heavy (non-hydrogen) atoms. The molecule has 0 aliphatic rings. The number of benzene rings is 1. The fourth-order valence-corrected chi connectivity index (χ4v) is 1.74. The van der Waals surface area contributed by atoms with E-state index >= 15 is 0 Å². The van der Waals surface area contributed by atoms with Crippen molar-refractivity contribution in [3.05, 3.63) is 26.7 Å². The quantitative estimate of drug-likeness (QED) is 0.514. The highest BCUT2D eigenvalue weighted by molar-refractivity contribution is 6.45. The number of carboxylic acids is 1. The maximum Gasteiger partial charge on any atom is 0.341 e. The summed E-state index contributed by atoms with van der Waals surface area (Å²) < 4.78 is 4.68. The maximum absolute atomic E-state index is 10.9. The minimum atomic E-state index is -1.38. The van der Waals surface area contributed by atoms with E-state index in [0.717, 1.165) is 6.92 Å². The molecular weight excluding hydrogens is 278 g/mol. The number of carbonyl (C=O) groups excluding carboxylic acids is 1. The normalized spacial score (nSPS) is 10.0. The topological polar surface area (TPSA) is 63.6 Å². The Morgan fingerprint density at radius 1 is 1.25 bits per heavy atom. The molecule has 0 fully saturated rings. The summed E-state index contributed by atoms with van der Waals surface area (Å²) in [5.41, 5.74) is -0.436. The minimum absolute atomic E-state index is 0.0278. The van der Waals surface area contributed by atoms with Crippen molar-refractivity contribution in [2.24, 2.45) is 0 Å². The molecule has 0 spiro atoms. The lowest BCUT2D eigenvalue weighted by atomic mass is 10.2. The Labute approximate surface area is 106 Å². The van der Waals surface area contributed by atoms with Crippen LogP contribution >= 0.6 is 34.8 Å². The molecule has 0 saturated heterocycles. The molecule has 0 aliphatic heterocycles. The second-order valence-electron chi connectivity index (χ2n) is 2.76. The third-order valence-corrected chi connectivity index (χ3v) is 2.65. The number of halogens is 3. The van der Waals surface area contributed by atoms with Crippen LogP contribution in [-0.4, -0.2) is 17.0 Å². The lowest BCUT2D eigenvalue weighted by Crippen LogP contribution is -2.08. The van der Waals surface area contributed by atoms with Crippen LogP contribution in [0.2, 0.25) is 15.1 Å². The highest BCUT2D eigenvalue weighted by atomic mass is 35.5. The average Bonchev–Trinajstić information content (AvgIpc) is 2.13. The van der Waals surface area contributed by atoms with Gasteiger partial charge in [-0.1, -0.05) is 34.8 Å². The summed E-state index contributed by atoms with van der Waals surface area (Å²) in [6.45, 7) is 1.12. The molecular formula is C9H5Cl3O4. The number of rotatable bonds is 2. The molecule has 0 amide bonds. The smallest absolute Gasteiger partial charge is 0.341 e. The number of carbonyl (C=O) groups is 2. The first-order valence-electron chi connectivity index (χ1n) is 3.93. The van der Waals surface area contributed by atoms with Gasteiger partial charge < -0.3 is 9.84 Å². The van der Waals surface area contributed by atoms with E-state index in [-0.39, 0.29) is 20.8 Å². The van der Waals surface area contributed by atoms with Gasteiger partial charge in [0, 0.05) is 6.92 Å². The van der Waals surface area contributed by atoms with Crippen LogP contribution in [0.25, 0.3) is 0 Å². The van der Waals surface area contributed by atoms with Crippen LogP contribution in [0.5, 0.6) is 5.75 Å². The number of aromatic carboxylic acids is 1. The van der Waals surface area contributed by atoms with Gasteiger partial charge in [0.2, 0.25) is 0 Å². The van der Waals surface area contributed by atoms with Gasteiger partial charge in [-0.05, 0) is 6.07 Å². The zero-order valence-corrected chi connectivity index (χ0v) is 10.2. The monoisotopic (exact) mass is 282 g/mol. The van der Waals surface area contributed by atoms with E-state index < -0.39 is 17.5 Å². The van der Waals surface area contributed by atoms with Crippen molar-refractivity contribution >= 4 is 46.7 Å². The Hall–Kier alpha value is -0.970. The van der Waals surface area contributed by atoms with Crippen LogP contribution in [0.3, 0.4) is 0 Å². The van der Waals surface area contributed by atoms with E-state index in [0.29, 0.717) is 0 Å².